The number of hydroxylamine groups is 2. The van der Waals surface area contributed by atoms with Crippen molar-refractivity contribution in [2.24, 2.45) is 0 Å². The van der Waals surface area contributed by atoms with Gasteiger partial charge < -0.3 is 0 Å². The Morgan fingerprint density at radius 3 is 2.73 bits per heavy atom. The first kappa shape index (κ1) is 14.6. The zero-order valence-electron chi connectivity index (χ0n) is 12.0. The fraction of sp³-hybridized carbons (Fsp3) is 0.357. The number of halogens is 2. The van der Waals surface area contributed by atoms with Crippen molar-refractivity contribution >= 4 is 5.91 Å². The SMILES string of the molecule is CON(C)C(=O)c1nc2n(n1)C(c1ccccc1)CC2(F)F. The molecule has 1 atom stereocenters. The largest absolute Gasteiger partial charge is 0.316 e. The van der Waals surface area contributed by atoms with Crippen molar-refractivity contribution in [1.82, 2.24) is 19.8 Å². The number of aromatic nitrogens is 3. The maximum absolute atomic E-state index is 14.2. The van der Waals surface area contributed by atoms with E-state index in [1.807, 2.05) is 0 Å². The quantitative estimate of drug-likeness (QED) is 0.814. The summed E-state index contributed by atoms with van der Waals surface area (Å²) in [5.74, 6) is -4.60. The van der Waals surface area contributed by atoms with Gasteiger partial charge in [-0.1, -0.05) is 30.3 Å². The average molecular weight is 308 g/mol. The summed E-state index contributed by atoms with van der Waals surface area (Å²) in [4.78, 5) is 20.4. The molecular weight excluding hydrogens is 294 g/mol. The van der Waals surface area contributed by atoms with E-state index in [2.05, 4.69) is 10.1 Å². The second-order valence-corrected chi connectivity index (χ2v) is 5.02. The van der Waals surface area contributed by atoms with E-state index in [0.29, 0.717) is 5.56 Å². The summed E-state index contributed by atoms with van der Waals surface area (Å²) < 4.78 is 29.4. The molecule has 6 nitrogen and oxygen atoms in total. The lowest BCUT2D eigenvalue weighted by atomic mass is 10.0. The molecule has 22 heavy (non-hydrogen) atoms. The number of fused-ring (bicyclic) bond motifs is 1. The predicted molar refractivity (Wildman–Crippen MR) is 72.2 cm³/mol. The second-order valence-electron chi connectivity index (χ2n) is 5.02. The first-order chi connectivity index (χ1) is 10.4. The fourth-order valence-electron chi connectivity index (χ4n) is 2.46. The van der Waals surface area contributed by atoms with Crippen LogP contribution in [0.2, 0.25) is 0 Å². The Bertz CT molecular complexity index is 702. The van der Waals surface area contributed by atoms with E-state index < -0.39 is 30.1 Å². The van der Waals surface area contributed by atoms with Crippen LogP contribution in [0.1, 0.15) is 34.5 Å². The van der Waals surface area contributed by atoms with E-state index in [0.717, 1.165) is 9.75 Å². The highest BCUT2D eigenvalue weighted by Crippen LogP contribution is 2.45. The van der Waals surface area contributed by atoms with Crippen molar-refractivity contribution in [3.8, 4) is 0 Å². The van der Waals surface area contributed by atoms with Gasteiger partial charge in [-0.3, -0.25) is 9.63 Å². The Morgan fingerprint density at radius 2 is 2.09 bits per heavy atom. The van der Waals surface area contributed by atoms with Crippen LogP contribution < -0.4 is 0 Å². The van der Waals surface area contributed by atoms with Gasteiger partial charge in [0, 0.05) is 13.5 Å². The molecule has 0 aliphatic carbocycles. The van der Waals surface area contributed by atoms with Gasteiger partial charge in [0.05, 0.1) is 13.2 Å². The number of rotatable bonds is 3. The zero-order valence-corrected chi connectivity index (χ0v) is 12.0. The van der Waals surface area contributed by atoms with Crippen LogP contribution in [0.5, 0.6) is 0 Å². The normalized spacial score (nSPS) is 19.0. The number of carbonyl (C=O) groups excluding carboxylic acids is 1. The van der Waals surface area contributed by atoms with Crippen LogP contribution in [-0.4, -0.2) is 39.9 Å². The molecule has 0 fully saturated rings. The Kier molecular flexibility index (Phi) is 3.40. The lowest BCUT2D eigenvalue weighted by molar-refractivity contribution is -0.0765. The van der Waals surface area contributed by atoms with Gasteiger partial charge in [0.25, 0.3) is 0 Å². The summed E-state index contributed by atoms with van der Waals surface area (Å²) >= 11 is 0. The van der Waals surface area contributed by atoms with E-state index in [1.54, 1.807) is 30.3 Å². The maximum atomic E-state index is 14.2. The third kappa shape index (κ3) is 2.25. The van der Waals surface area contributed by atoms with E-state index >= 15 is 0 Å². The molecule has 2 aromatic rings. The summed E-state index contributed by atoms with van der Waals surface area (Å²) in [6.07, 6.45) is -0.416. The fourth-order valence-corrected chi connectivity index (χ4v) is 2.46. The smallest absolute Gasteiger partial charge is 0.274 e. The van der Waals surface area contributed by atoms with Crippen molar-refractivity contribution in [2.75, 3.05) is 14.2 Å². The number of benzene rings is 1. The zero-order chi connectivity index (χ0) is 15.9. The minimum absolute atomic E-state index is 0.306. The molecule has 0 saturated carbocycles. The van der Waals surface area contributed by atoms with Crippen molar-refractivity contribution in [3.63, 3.8) is 0 Å². The third-order valence-electron chi connectivity index (χ3n) is 3.64. The van der Waals surface area contributed by atoms with Crippen LogP contribution in [0.4, 0.5) is 8.78 Å². The van der Waals surface area contributed by atoms with Crippen molar-refractivity contribution in [2.45, 2.75) is 18.4 Å². The molecule has 3 rings (SSSR count). The minimum Gasteiger partial charge on any atom is -0.274 e. The number of alkyl halides is 2. The van der Waals surface area contributed by atoms with Gasteiger partial charge in [0.2, 0.25) is 5.82 Å². The monoisotopic (exact) mass is 308 g/mol. The molecule has 0 spiro atoms. The van der Waals surface area contributed by atoms with Gasteiger partial charge in [-0.2, -0.15) is 8.78 Å². The van der Waals surface area contributed by atoms with E-state index in [-0.39, 0.29) is 5.82 Å². The minimum atomic E-state index is -3.13. The Morgan fingerprint density at radius 1 is 1.41 bits per heavy atom. The topological polar surface area (TPSA) is 60.2 Å². The Labute approximate surface area is 125 Å². The molecule has 8 heteroatoms. The Hall–Kier alpha value is -2.35. The highest BCUT2D eigenvalue weighted by molar-refractivity contribution is 5.89. The molecule has 1 unspecified atom stereocenters. The van der Waals surface area contributed by atoms with Crippen LogP contribution in [0.25, 0.3) is 0 Å². The highest BCUT2D eigenvalue weighted by atomic mass is 19.3. The van der Waals surface area contributed by atoms with Crippen molar-refractivity contribution in [3.05, 3.63) is 47.5 Å². The molecule has 2 heterocycles. The molecule has 0 radical (unpaired) electrons. The number of hydrogen-bond donors (Lipinski definition) is 0. The molecule has 0 N–H and O–H groups in total. The van der Waals surface area contributed by atoms with Crippen molar-refractivity contribution < 1.29 is 18.4 Å². The summed E-state index contributed by atoms with van der Waals surface area (Å²) in [5, 5.41) is 4.86. The summed E-state index contributed by atoms with van der Waals surface area (Å²) in [7, 11) is 2.66. The molecule has 1 amide bonds. The molecule has 1 aromatic carbocycles. The van der Waals surface area contributed by atoms with Gasteiger partial charge in [-0.25, -0.2) is 14.7 Å². The molecule has 1 aromatic heterocycles. The lowest BCUT2D eigenvalue weighted by Crippen LogP contribution is -2.27. The molecule has 1 aliphatic heterocycles. The first-order valence-electron chi connectivity index (χ1n) is 6.66. The summed E-state index contributed by atoms with van der Waals surface area (Å²) in [6, 6.07) is 8.20. The van der Waals surface area contributed by atoms with E-state index in [1.165, 1.54) is 14.2 Å². The number of nitrogens with zero attached hydrogens (tertiary/aromatic N) is 4. The summed E-state index contributed by atoms with van der Waals surface area (Å²) in [6.45, 7) is 0. The molecule has 0 bridgehead atoms. The first-order valence-corrected chi connectivity index (χ1v) is 6.66. The van der Waals surface area contributed by atoms with Crippen molar-refractivity contribution in [1.29, 1.82) is 0 Å². The second kappa shape index (κ2) is 5.13. The standard InChI is InChI=1S/C14H14F2N4O2/c1-19(22-2)12(21)11-17-13-14(15,16)8-10(20(13)18-11)9-6-4-3-5-7-9/h3-7,10H,8H2,1-2H3. The van der Waals surface area contributed by atoms with Gasteiger partial charge in [-0.05, 0) is 5.56 Å². The van der Waals surface area contributed by atoms with Gasteiger partial charge in [0.15, 0.2) is 5.82 Å². The molecule has 0 saturated heterocycles. The van der Waals surface area contributed by atoms with Crippen LogP contribution in [-0.2, 0) is 10.8 Å². The predicted octanol–water partition coefficient (Wildman–Crippen LogP) is 2.00. The van der Waals surface area contributed by atoms with Gasteiger partial charge >= 0.3 is 11.8 Å². The van der Waals surface area contributed by atoms with Crippen LogP contribution in [0, 0.1) is 0 Å². The van der Waals surface area contributed by atoms with Gasteiger partial charge in [-0.15, -0.1) is 5.10 Å². The maximum Gasteiger partial charge on any atom is 0.316 e. The van der Waals surface area contributed by atoms with Crippen LogP contribution in [0.3, 0.4) is 0 Å². The molecule has 116 valence electrons. The Balaban J connectivity index is 2.03. The van der Waals surface area contributed by atoms with E-state index in [9.17, 15) is 13.6 Å². The number of hydrogen-bond acceptors (Lipinski definition) is 4. The summed E-state index contributed by atoms with van der Waals surface area (Å²) in [5.41, 5.74) is 0.699. The van der Waals surface area contributed by atoms with Crippen LogP contribution in [0.15, 0.2) is 30.3 Å². The molecular formula is C14H14F2N4O2. The van der Waals surface area contributed by atoms with E-state index in [4.69, 9.17) is 4.84 Å². The average Bonchev–Trinajstić information content (AvgIpc) is 3.06. The molecule has 1 aliphatic rings. The number of carbonyl (C=O) groups is 1. The number of amides is 1. The van der Waals surface area contributed by atoms with Crippen LogP contribution >= 0.6 is 0 Å². The van der Waals surface area contributed by atoms with Gasteiger partial charge in [0.1, 0.15) is 0 Å². The lowest BCUT2D eigenvalue weighted by Gasteiger charge is -2.13. The third-order valence-corrected chi connectivity index (χ3v) is 3.64. The highest BCUT2D eigenvalue weighted by Gasteiger charge is 2.49.